The highest BCUT2D eigenvalue weighted by Gasteiger charge is 2.01. The molecule has 0 aromatic heterocycles. The first kappa shape index (κ1) is 8.69. The summed E-state index contributed by atoms with van der Waals surface area (Å²) in [6.07, 6.45) is 2.58. The fourth-order valence-corrected chi connectivity index (χ4v) is 0.846. The van der Waals surface area contributed by atoms with E-state index >= 15 is 0 Å². The molecule has 0 bridgehead atoms. The van der Waals surface area contributed by atoms with Gasteiger partial charge in [0.2, 0.25) is 0 Å². The summed E-state index contributed by atoms with van der Waals surface area (Å²) in [6.45, 7) is 1.95. The molecule has 0 aromatic carbocycles. The third-order valence-corrected chi connectivity index (χ3v) is 1.41. The van der Waals surface area contributed by atoms with E-state index in [0.29, 0.717) is 4.48 Å². The lowest BCUT2D eigenvalue weighted by Crippen LogP contribution is -1.98. The summed E-state index contributed by atoms with van der Waals surface area (Å²) in [5.41, 5.74) is 0. The molecule has 0 amide bonds. The number of allylic oxidation sites excluding steroid dienone is 1. The van der Waals surface area contributed by atoms with Gasteiger partial charge in [0.1, 0.15) is 0 Å². The van der Waals surface area contributed by atoms with E-state index in [0.717, 1.165) is 6.42 Å². The van der Waals surface area contributed by atoms with Gasteiger partial charge in [0.05, 0.1) is 11.6 Å². The van der Waals surface area contributed by atoms with Crippen LogP contribution in [0.25, 0.3) is 0 Å². The Morgan fingerprint density at radius 2 is 2.33 bits per heavy atom. The summed E-state index contributed by atoms with van der Waals surface area (Å²) in [6, 6.07) is 0. The van der Waals surface area contributed by atoms with Gasteiger partial charge in [-0.25, -0.2) is 4.79 Å². The van der Waals surface area contributed by atoms with Crippen molar-refractivity contribution in [3.8, 4) is 0 Å². The Kier molecular flexibility index (Phi) is 4.40. The van der Waals surface area contributed by atoms with Crippen LogP contribution in [0.2, 0.25) is 0 Å². The molecule has 0 fully saturated rings. The summed E-state index contributed by atoms with van der Waals surface area (Å²) < 4.78 is 4.90. The number of rotatable bonds is 2. The number of esters is 1. The molecule has 9 heavy (non-hydrogen) atoms. The third-order valence-electron chi connectivity index (χ3n) is 0.764. The minimum atomic E-state index is -0.322. The third kappa shape index (κ3) is 3.30. The first-order valence-electron chi connectivity index (χ1n) is 2.66. The normalized spacial score (nSPS) is 11.2. The standard InChI is InChI=1S/C6H9BrO2/c1-3-4-5(7)6(8)9-2/h4H,3H2,1-2H3/b5-4-. The van der Waals surface area contributed by atoms with Gasteiger partial charge in [-0.2, -0.15) is 0 Å². The summed E-state index contributed by atoms with van der Waals surface area (Å²) >= 11 is 3.05. The molecule has 52 valence electrons. The summed E-state index contributed by atoms with van der Waals surface area (Å²) in [5.74, 6) is -0.322. The number of carbonyl (C=O) groups excluding carboxylic acids is 1. The van der Waals surface area contributed by atoms with Crippen molar-refractivity contribution in [1.29, 1.82) is 0 Å². The molecule has 0 heterocycles. The van der Waals surface area contributed by atoms with Crippen LogP contribution in [0.15, 0.2) is 10.6 Å². The highest BCUT2D eigenvalue weighted by molar-refractivity contribution is 9.12. The van der Waals surface area contributed by atoms with Crippen molar-refractivity contribution < 1.29 is 9.53 Å². The maximum atomic E-state index is 10.6. The number of halogens is 1. The van der Waals surface area contributed by atoms with Crippen LogP contribution in [0.5, 0.6) is 0 Å². The van der Waals surface area contributed by atoms with Crippen molar-refractivity contribution in [2.24, 2.45) is 0 Å². The van der Waals surface area contributed by atoms with Crippen LogP contribution >= 0.6 is 15.9 Å². The maximum Gasteiger partial charge on any atom is 0.344 e. The van der Waals surface area contributed by atoms with E-state index in [1.165, 1.54) is 7.11 Å². The van der Waals surface area contributed by atoms with Crippen LogP contribution in [-0.2, 0) is 9.53 Å². The molecular formula is C6H9BrO2. The smallest absolute Gasteiger partial charge is 0.344 e. The topological polar surface area (TPSA) is 26.3 Å². The van der Waals surface area contributed by atoms with Gasteiger partial charge in [-0.1, -0.05) is 13.0 Å². The van der Waals surface area contributed by atoms with Gasteiger partial charge in [0.25, 0.3) is 0 Å². The molecule has 0 aromatic rings. The Morgan fingerprint density at radius 1 is 1.78 bits per heavy atom. The Morgan fingerprint density at radius 3 is 2.67 bits per heavy atom. The van der Waals surface area contributed by atoms with Gasteiger partial charge in [-0.3, -0.25) is 0 Å². The molecule has 0 atom stereocenters. The van der Waals surface area contributed by atoms with Crippen molar-refractivity contribution in [2.45, 2.75) is 13.3 Å². The van der Waals surface area contributed by atoms with Crippen LogP contribution in [0.3, 0.4) is 0 Å². The summed E-state index contributed by atoms with van der Waals surface area (Å²) in [5, 5.41) is 0. The van der Waals surface area contributed by atoms with Crippen LogP contribution in [0.1, 0.15) is 13.3 Å². The molecule has 0 N–H and O–H groups in total. The monoisotopic (exact) mass is 192 g/mol. The van der Waals surface area contributed by atoms with Gasteiger partial charge >= 0.3 is 5.97 Å². The summed E-state index contributed by atoms with van der Waals surface area (Å²) in [7, 11) is 1.35. The SMILES string of the molecule is CC/C=C(\Br)C(=O)OC. The van der Waals surface area contributed by atoms with Crippen LogP contribution in [-0.4, -0.2) is 13.1 Å². The fourth-order valence-electron chi connectivity index (χ4n) is 0.360. The van der Waals surface area contributed by atoms with Crippen LogP contribution in [0, 0.1) is 0 Å². The van der Waals surface area contributed by atoms with Crippen molar-refractivity contribution in [2.75, 3.05) is 7.11 Å². The first-order valence-corrected chi connectivity index (χ1v) is 3.45. The molecule has 0 unspecified atom stereocenters. The molecule has 0 rings (SSSR count). The number of ether oxygens (including phenoxy) is 1. The Bertz CT molecular complexity index is 129. The van der Waals surface area contributed by atoms with Crippen molar-refractivity contribution in [3.63, 3.8) is 0 Å². The van der Waals surface area contributed by atoms with Gasteiger partial charge < -0.3 is 4.74 Å². The molecule has 0 aliphatic rings. The van der Waals surface area contributed by atoms with Crippen molar-refractivity contribution >= 4 is 21.9 Å². The summed E-state index contributed by atoms with van der Waals surface area (Å²) in [4.78, 5) is 10.6. The van der Waals surface area contributed by atoms with Crippen molar-refractivity contribution in [3.05, 3.63) is 10.6 Å². The van der Waals surface area contributed by atoms with E-state index in [1.54, 1.807) is 6.08 Å². The molecule has 0 saturated heterocycles. The molecule has 0 spiro atoms. The van der Waals surface area contributed by atoms with Gasteiger partial charge in [0, 0.05) is 0 Å². The van der Waals surface area contributed by atoms with Gasteiger partial charge in [-0.05, 0) is 22.4 Å². The molecule has 3 heteroatoms. The van der Waals surface area contributed by atoms with E-state index in [2.05, 4.69) is 20.7 Å². The van der Waals surface area contributed by atoms with Gasteiger partial charge in [0.15, 0.2) is 0 Å². The lowest BCUT2D eigenvalue weighted by Gasteiger charge is -1.93. The minimum Gasteiger partial charge on any atom is -0.465 e. The lowest BCUT2D eigenvalue weighted by molar-refractivity contribution is -0.135. The largest absolute Gasteiger partial charge is 0.465 e. The highest BCUT2D eigenvalue weighted by atomic mass is 79.9. The number of hydrogen-bond acceptors (Lipinski definition) is 2. The van der Waals surface area contributed by atoms with E-state index < -0.39 is 0 Å². The van der Waals surface area contributed by atoms with Crippen LogP contribution in [0.4, 0.5) is 0 Å². The second-order valence-electron chi connectivity index (χ2n) is 1.45. The number of hydrogen-bond donors (Lipinski definition) is 0. The molecule has 0 aliphatic carbocycles. The van der Waals surface area contributed by atoms with Crippen molar-refractivity contribution in [1.82, 2.24) is 0 Å². The van der Waals surface area contributed by atoms with E-state index in [9.17, 15) is 4.79 Å². The predicted molar refractivity (Wildman–Crippen MR) is 39.3 cm³/mol. The Labute approximate surface area is 63.0 Å². The molecule has 0 aliphatic heterocycles. The van der Waals surface area contributed by atoms with E-state index in [1.807, 2.05) is 6.92 Å². The van der Waals surface area contributed by atoms with Gasteiger partial charge in [-0.15, -0.1) is 0 Å². The zero-order valence-corrected chi connectivity index (χ0v) is 7.06. The highest BCUT2D eigenvalue weighted by Crippen LogP contribution is 2.06. The average molecular weight is 193 g/mol. The molecular weight excluding hydrogens is 184 g/mol. The Hall–Kier alpha value is -0.310. The second-order valence-corrected chi connectivity index (χ2v) is 2.31. The predicted octanol–water partition coefficient (Wildman–Crippen LogP) is 1.85. The zero-order chi connectivity index (χ0) is 7.28. The van der Waals surface area contributed by atoms with Crippen LogP contribution < -0.4 is 0 Å². The second kappa shape index (κ2) is 4.56. The molecule has 0 radical (unpaired) electrons. The lowest BCUT2D eigenvalue weighted by atomic mass is 10.4. The quantitative estimate of drug-likeness (QED) is 0.494. The number of methoxy groups -OCH3 is 1. The first-order chi connectivity index (χ1) is 4.22. The average Bonchev–Trinajstić information content (AvgIpc) is 1.87. The van der Waals surface area contributed by atoms with E-state index in [-0.39, 0.29) is 5.97 Å². The van der Waals surface area contributed by atoms with E-state index in [4.69, 9.17) is 0 Å². The molecule has 0 saturated carbocycles. The Balaban J connectivity index is 3.86. The maximum absolute atomic E-state index is 10.6. The number of carbonyl (C=O) groups is 1. The fraction of sp³-hybridized carbons (Fsp3) is 0.500. The zero-order valence-electron chi connectivity index (χ0n) is 5.48. The molecule has 2 nitrogen and oxygen atoms in total. The minimum absolute atomic E-state index is 0.322.